The first-order valence-electron chi connectivity index (χ1n) is 6.69. The topological polar surface area (TPSA) is 36.4 Å². The van der Waals surface area contributed by atoms with Crippen LogP contribution in [-0.4, -0.2) is 34.6 Å². The van der Waals surface area contributed by atoms with Crippen molar-refractivity contribution in [2.75, 3.05) is 14.1 Å². The predicted octanol–water partition coefficient (Wildman–Crippen LogP) is 3.00. The van der Waals surface area contributed by atoms with Crippen molar-refractivity contribution in [1.29, 1.82) is 0 Å². The molecule has 2 rings (SSSR count). The van der Waals surface area contributed by atoms with Crippen LogP contribution in [0.5, 0.6) is 0 Å². The number of aliphatic hydroxyl groups excluding tert-OH is 1. The second-order valence-corrected chi connectivity index (χ2v) is 5.46. The molecule has 1 aromatic heterocycles. The zero-order chi connectivity index (χ0) is 14.0. The lowest BCUT2D eigenvalue weighted by Gasteiger charge is -2.40. The number of likely N-dealkylation sites (N-methyl/N-ethyl adjacent to an activating group) is 1. The second kappa shape index (κ2) is 5.27. The molecule has 0 aliphatic heterocycles. The number of hydrogen-bond donors (Lipinski definition) is 1. The van der Waals surface area contributed by atoms with Gasteiger partial charge in [-0.1, -0.05) is 25.1 Å². The molecule has 0 amide bonds. The van der Waals surface area contributed by atoms with E-state index < -0.39 is 6.10 Å². The van der Waals surface area contributed by atoms with Crippen LogP contribution in [0.15, 0.2) is 36.5 Å². The Labute approximate surface area is 114 Å². The monoisotopic (exact) mass is 258 g/mol. The Morgan fingerprint density at radius 2 is 2.05 bits per heavy atom. The fraction of sp³-hybridized carbons (Fsp3) is 0.438. The van der Waals surface area contributed by atoms with Crippen LogP contribution in [-0.2, 0) is 0 Å². The molecule has 19 heavy (non-hydrogen) atoms. The van der Waals surface area contributed by atoms with Crippen LogP contribution in [0.3, 0.4) is 0 Å². The summed E-state index contributed by atoms with van der Waals surface area (Å²) >= 11 is 0. The largest absolute Gasteiger partial charge is 0.386 e. The van der Waals surface area contributed by atoms with Crippen LogP contribution >= 0.6 is 0 Å². The Kier molecular flexibility index (Phi) is 3.88. The van der Waals surface area contributed by atoms with Gasteiger partial charge in [-0.25, -0.2) is 0 Å². The SMILES string of the molecule is CCC(C)(C(O)c1ccc2cccnc2c1)N(C)C. The number of hydrogen-bond acceptors (Lipinski definition) is 3. The molecular weight excluding hydrogens is 236 g/mol. The number of nitrogens with zero attached hydrogens (tertiary/aromatic N) is 2. The van der Waals surface area contributed by atoms with Crippen molar-refractivity contribution in [3.63, 3.8) is 0 Å². The molecule has 2 atom stereocenters. The van der Waals surface area contributed by atoms with Gasteiger partial charge in [0.2, 0.25) is 0 Å². The molecule has 2 unspecified atom stereocenters. The van der Waals surface area contributed by atoms with Gasteiger partial charge in [-0.05, 0) is 45.1 Å². The first kappa shape index (κ1) is 14.0. The third-order valence-electron chi connectivity index (χ3n) is 4.27. The lowest BCUT2D eigenvalue weighted by Crippen LogP contribution is -2.46. The molecule has 1 N–H and O–H groups in total. The smallest absolute Gasteiger partial charge is 0.0971 e. The van der Waals surface area contributed by atoms with E-state index in [-0.39, 0.29) is 5.54 Å². The first-order chi connectivity index (χ1) is 8.99. The number of benzene rings is 1. The van der Waals surface area contributed by atoms with E-state index >= 15 is 0 Å². The Balaban J connectivity index is 2.43. The van der Waals surface area contributed by atoms with Crippen molar-refractivity contribution in [1.82, 2.24) is 9.88 Å². The van der Waals surface area contributed by atoms with Gasteiger partial charge in [-0.3, -0.25) is 4.98 Å². The van der Waals surface area contributed by atoms with Crippen LogP contribution in [0, 0.1) is 0 Å². The summed E-state index contributed by atoms with van der Waals surface area (Å²) in [5.74, 6) is 0. The summed E-state index contributed by atoms with van der Waals surface area (Å²) in [6.45, 7) is 4.18. The lowest BCUT2D eigenvalue weighted by atomic mass is 9.85. The van der Waals surface area contributed by atoms with E-state index in [1.54, 1.807) is 6.20 Å². The Morgan fingerprint density at radius 3 is 2.68 bits per heavy atom. The molecule has 0 saturated heterocycles. The standard InChI is InChI=1S/C16H22N2O/c1-5-16(2,18(3)4)15(19)13-9-8-12-7-6-10-17-14(12)11-13/h6-11,15,19H,5H2,1-4H3. The van der Waals surface area contributed by atoms with Crippen molar-refractivity contribution < 1.29 is 5.11 Å². The number of pyridine rings is 1. The van der Waals surface area contributed by atoms with Crippen LogP contribution in [0.2, 0.25) is 0 Å². The Morgan fingerprint density at radius 1 is 1.32 bits per heavy atom. The molecule has 102 valence electrons. The van der Waals surface area contributed by atoms with Crippen LogP contribution in [0.25, 0.3) is 10.9 Å². The van der Waals surface area contributed by atoms with Gasteiger partial charge in [0.05, 0.1) is 11.6 Å². The van der Waals surface area contributed by atoms with Gasteiger partial charge in [0.1, 0.15) is 0 Å². The maximum atomic E-state index is 10.7. The summed E-state index contributed by atoms with van der Waals surface area (Å²) in [5, 5.41) is 11.8. The molecule has 3 heteroatoms. The van der Waals surface area contributed by atoms with Gasteiger partial charge >= 0.3 is 0 Å². The highest BCUT2D eigenvalue weighted by atomic mass is 16.3. The molecule has 0 saturated carbocycles. The van der Waals surface area contributed by atoms with Crippen molar-refractivity contribution in [3.8, 4) is 0 Å². The number of rotatable bonds is 4. The summed E-state index contributed by atoms with van der Waals surface area (Å²) in [5.41, 5.74) is 1.57. The molecule has 0 aliphatic rings. The third-order valence-corrected chi connectivity index (χ3v) is 4.27. The normalized spacial score (nSPS) is 16.5. The molecule has 2 aromatic rings. The minimum atomic E-state index is -0.529. The zero-order valence-electron chi connectivity index (χ0n) is 12.1. The van der Waals surface area contributed by atoms with E-state index in [9.17, 15) is 5.11 Å². The van der Waals surface area contributed by atoms with E-state index in [1.807, 2.05) is 44.4 Å². The van der Waals surface area contributed by atoms with E-state index in [2.05, 4.69) is 23.7 Å². The average Bonchev–Trinajstić information content (AvgIpc) is 2.44. The van der Waals surface area contributed by atoms with Gasteiger partial charge in [0.25, 0.3) is 0 Å². The second-order valence-electron chi connectivity index (χ2n) is 5.46. The van der Waals surface area contributed by atoms with Crippen molar-refractivity contribution in [3.05, 3.63) is 42.1 Å². The predicted molar refractivity (Wildman–Crippen MR) is 79.1 cm³/mol. The van der Waals surface area contributed by atoms with E-state index in [4.69, 9.17) is 0 Å². The van der Waals surface area contributed by atoms with Crippen molar-refractivity contribution in [2.24, 2.45) is 0 Å². The van der Waals surface area contributed by atoms with Crippen molar-refractivity contribution in [2.45, 2.75) is 31.9 Å². The molecule has 0 spiro atoms. The summed E-state index contributed by atoms with van der Waals surface area (Å²) in [7, 11) is 4.01. The van der Waals surface area contributed by atoms with Crippen LogP contribution in [0.4, 0.5) is 0 Å². The molecule has 0 bridgehead atoms. The van der Waals surface area contributed by atoms with Gasteiger partial charge < -0.3 is 10.0 Å². The van der Waals surface area contributed by atoms with Gasteiger partial charge in [0.15, 0.2) is 0 Å². The maximum Gasteiger partial charge on any atom is 0.0971 e. The van der Waals surface area contributed by atoms with Crippen molar-refractivity contribution >= 4 is 10.9 Å². The average molecular weight is 258 g/mol. The fourth-order valence-electron chi connectivity index (χ4n) is 2.37. The Bertz CT molecular complexity index is 567. The lowest BCUT2D eigenvalue weighted by molar-refractivity contribution is 0.000937. The summed E-state index contributed by atoms with van der Waals surface area (Å²) in [6, 6.07) is 9.95. The number of fused-ring (bicyclic) bond motifs is 1. The van der Waals surface area contributed by atoms with Crippen LogP contribution in [0.1, 0.15) is 31.9 Å². The molecule has 1 aromatic carbocycles. The first-order valence-corrected chi connectivity index (χ1v) is 6.69. The van der Waals surface area contributed by atoms with Gasteiger partial charge in [0, 0.05) is 17.1 Å². The molecule has 1 heterocycles. The third kappa shape index (κ3) is 2.48. The fourth-order valence-corrected chi connectivity index (χ4v) is 2.37. The van der Waals surface area contributed by atoms with Gasteiger partial charge in [-0.15, -0.1) is 0 Å². The summed E-state index contributed by atoms with van der Waals surface area (Å²) < 4.78 is 0. The molecule has 0 aliphatic carbocycles. The van der Waals surface area contributed by atoms with E-state index in [0.717, 1.165) is 22.9 Å². The Hall–Kier alpha value is -1.45. The molecule has 0 radical (unpaired) electrons. The minimum absolute atomic E-state index is 0.275. The molecule has 0 fully saturated rings. The summed E-state index contributed by atoms with van der Waals surface area (Å²) in [6.07, 6.45) is 2.13. The quantitative estimate of drug-likeness (QED) is 0.916. The van der Waals surface area contributed by atoms with E-state index in [1.165, 1.54) is 0 Å². The maximum absolute atomic E-state index is 10.7. The minimum Gasteiger partial charge on any atom is -0.386 e. The number of aliphatic hydroxyl groups is 1. The highest BCUT2D eigenvalue weighted by molar-refractivity contribution is 5.79. The summed E-state index contributed by atoms with van der Waals surface area (Å²) in [4.78, 5) is 6.44. The van der Waals surface area contributed by atoms with Gasteiger partial charge in [-0.2, -0.15) is 0 Å². The highest BCUT2D eigenvalue weighted by Crippen LogP contribution is 2.33. The zero-order valence-corrected chi connectivity index (χ0v) is 12.1. The van der Waals surface area contributed by atoms with Crippen LogP contribution < -0.4 is 0 Å². The number of aromatic nitrogens is 1. The van der Waals surface area contributed by atoms with E-state index in [0.29, 0.717) is 0 Å². The molecule has 3 nitrogen and oxygen atoms in total. The highest BCUT2D eigenvalue weighted by Gasteiger charge is 2.34. The molecular formula is C16H22N2O.